The molecule has 0 bridgehead atoms. The molecule has 9 heteroatoms. The highest BCUT2D eigenvalue weighted by Crippen LogP contribution is 2.20. The number of nitrogens with one attached hydrogen (secondary N) is 2. The molecule has 8 nitrogen and oxygen atoms in total. The minimum Gasteiger partial charge on any atom is -0.346 e. The van der Waals surface area contributed by atoms with Crippen molar-refractivity contribution < 1.29 is 13.2 Å². The van der Waals surface area contributed by atoms with Crippen LogP contribution in [0.25, 0.3) is 5.69 Å². The van der Waals surface area contributed by atoms with Crippen molar-refractivity contribution >= 4 is 21.6 Å². The number of hydrogen-bond acceptors (Lipinski definition) is 5. The van der Waals surface area contributed by atoms with Crippen molar-refractivity contribution in [3.05, 3.63) is 71.8 Å². The van der Waals surface area contributed by atoms with Crippen LogP contribution in [-0.2, 0) is 10.0 Å². The first-order valence-electron chi connectivity index (χ1n) is 8.57. The number of aromatic nitrogens is 3. The minimum atomic E-state index is -3.42. The van der Waals surface area contributed by atoms with E-state index in [1.807, 2.05) is 31.2 Å². The second-order valence-corrected chi connectivity index (χ2v) is 8.28. The third-order valence-corrected chi connectivity index (χ3v) is 4.81. The van der Waals surface area contributed by atoms with Gasteiger partial charge in [0.1, 0.15) is 12.7 Å². The lowest BCUT2D eigenvalue weighted by molar-refractivity contribution is 0.0940. The maximum atomic E-state index is 12.6. The number of sulfonamides is 1. The fraction of sp³-hybridized carbons (Fsp3) is 0.211. The summed E-state index contributed by atoms with van der Waals surface area (Å²) in [5.74, 6) is -0.288. The lowest BCUT2D eigenvalue weighted by Crippen LogP contribution is -2.26. The number of carbonyl (C=O) groups is 1. The van der Waals surface area contributed by atoms with E-state index in [1.165, 1.54) is 12.4 Å². The third kappa shape index (κ3) is 4.74. The van der Waals surface area contributed by atoms with Gasteiger partial charge < -0.3 is 5.32 Å². The molecule has 2 N–H and O–H groups in total. The van der Waals surface area contributed by atoms with Crippen molar-refractivity contribution in [3.63, 3.8) is 0 Å². The summed E-state index contributed by atoms with van der Waals surface area (Å²) in [5, 5.41) is 7.00. The van der Waals surface area contributed by atoms with Gasteiger partial charge in [-0.25, -0.2) is 18.1 Å². The Morgan fingerprint density at radius 1 is 1.14 bits per heavy atom. The van der Waals surface area contributed by atoms with Gasteiger partial charge in [-0.3, -0.25) is 9.52 Å². The second kappa shape index (κ2) is 7.81. The van der Waals surface area contributed by atoms with Crippen LogP contribution in [0.15, 0.2) is 55.1 Å². The lowest BCUT2D eigenvalue weighted by Gasteiger charge is -2.16. The highest BCUT2D eigenvalue weighted by atomic mass is 32.2. The molecular formula is C19H21N5O3S. The van der Waals surface area contributed by atoms with Gasteiger partial charge in [-0.05, 0) is 49.2 Å². The Balaban J connectivity index is 1.73. The predicted octanol–water partition coefficient (Wildman–Crippen LogP) is 2.44. The average Bonchev–Trinajstić information content (AvgIpc) is 3.17. The van der Waals surface area contributed by atoms with Crippen molar-refractivity contribution in [3.8, 4) is 5.69 Å². The Bertz CT molecular complexity index is 1080. The van der Waals surface area contributed by atoms with Gasteiger partial charge in [0.2, 0.25) is 10.0 Å². The second-order valence-electron chi connectivity index (χ2n) is 6.53. The molecular weight excluding hydrogens is 378 g/mol. The normalized spacial score (nSPS) is 12.4. The molecule has 146 valence electrons. The monoisotopic (exact) mass is 399 g/mol. The van der Waals surface area contributed by atoms with Gasteiger partial charge in [-0.2, -0.15) is 5.10 Å². The zero-order valence-corrected chi connectivity index (χ0v) is 16.6. The fourth-order valence-corrected chi connectivity index (χ4v) is 3.31. The standard InChI is InChI=1S/C19H21N5O3S/c1-13-4-5-16(10-18(13)23-28(3,26)27)19(25)22-14(2)15-6-8-17(9-7-15)24-12-20-11-21-24/h4-12,14,23H,1-3H3,(H,22,25). The molecule has 1 heterocycles. The van der Waals surface area contributed by atoms with Crippen molar-refractivity contribution in [2.24, 2.45) is 0 Å². The molecule has 1 amide bonds. The van der Waals surface area contributed by atoms with Gasteiger partial charge >= 0.3 is 0 Å². The van der Waals surface area contributed by atoms with Gasteiger partial charge in [0, 0.05) is 5.56 Å². The van der Waals surface area contributed by atoms with Crippen LogP contribution in [0.4, 0.5) is 5.69 Å². The van der Waals surface area contributed by atoms with E-state index in [0.717, 1.165) is 23.1 Å². The van der Waals surface area contributed by atoms with E-state index in [0.29, 0.717) is 11.3 Å². The van der Waals surface area contributed by atoms with Crippen LogP contribution in [0, 0.1) is 6.92 Å². The first kappa shape index (κ1) is 19.6. The number of carbonyl (C=O) groups excluding carboxylic acids is 1. The highest BCUT2D eigenvalue weighted by Gasteiger charge is 2.14. The molecule has 0 saturated heterocycles. The van der Waals surface area contributed by atoms with Gasteiger partial charge in [0.15, 0.2) is 0 Å². The van der Waals surface area contributed by atoms with E-state index in [2.05, 4.69) is 20.1 Å². The molecule has 1 aromatic heterocycles. The maximum Gasteiger partial charge on any atom is 0.251 e. The molecule has 3 aromatic rings. The van der Waals surface area contributed by atoms with Crippen molar-refractivity contribution in [2.45, 2.75) is 19.9 Å². The van der Waals surface area contributed by atoms with Crippen LogP contribution in [0.3, 0.4) is 0 Å². The van der Waals surface area contributed by atoms with E-state index in [1.54, 1.807) is 30.1 Å². The summed E-state index contributed by atoms with van der Waals surface area (Å²) in [6.07, 6.45) is 4.15. The Hall–Kier alpha value is -3.20. The summed E-state index contributed by atoms with van der Waals surface area (Å²) in [6, 6.07) is 12.3. The van der Waals surface area contributed by atoms with Crippen LogP contribution < -0.4 is 10.0 Å². The van der Waals surface area contributed by atoms with Gasteiger partial charge in [-0.15, -0.1) is 0 Å². The molecule has 0 aliphatic carbocycles. The Morgan fingerprint density at radius 2 is 1.86 bits per heavy atom. The summed E-state index contributed by atoms with van der Waals surface area (Å²) >= 11 is 0. The molecule has 2 aromatic carbocycles. The smallest absolute Gasteiger partial charge is 0.251 e. The number of nitrogens with zero attached hydrogens (tertiary/aromatic N) is 3. The molecule has 0 fully saturated rings. The molecule has 1 atom stereocenters. The third-order valence-electron chi connectivity index (χ3n) is 4.22. The van der Waals surface area contributed by atoms with Crippen molar-refractivity contribution in [1.29, 1.82) is 0 Å². The van der Waals surface area contributed by atoms with E-state index < -0.39 is 10.0 Å². The molecule has 0 saturated carbocycles. The molecule has 1 unspecified atom stereocenters. The number of hydrogen-bond donors (Lipinski definition) is 2. The van der Waals surface area contributed by atoms with Crippen LogP contribution in [0.2, 0.25) is 0 Å². The Morgan fingerprint density at radius 3 is 2.46 bits per heavy atom. The Labute approximate surface area is 163 Å². The summed E-state index contributed by atoms with van der Waals surface area (Å²) in [6.45, 7) is 3.65. The lowest BCUT2D eigenvalue weighted by atomic mass is 10.1. The van der Waals surface area contributed by atoms with Gasteiger partial charge in [0.25, 0.3) is 5.91 Å². The molecule has 0 aliphatic heterocycles. The molecule has 0 radical (unpaired) electrons. The van der Waals surface area contributed by atoms with Crippen LogP contribution in [0.1, 0.15) is 34.5 Å². The van der Waals surface area contributed by atoms with E-state index in [9.17, 15) is 13.2 Å². The molecule has 28 heavy (non-hydrogen) atoms. The molecule has 0 aliphatic rings. The largest absolute Gasteiger partial charge is 0.346 e. The van der Waals surface area contributed by atoms with E-state index in [4.69, 9.17) is 0 Å². The predicted molar refractivity (Wildman–Crippen MR) is 107 cm³/mol. The van der Waals surface area contributed by atoms with E-state index >= 15 is 0 Å². The average molecular weight is 399 g/mol. The van der Waals surface area contributed by atoms with Crippen LogP contribution in [0.5, 0.6) is 0 Å². The number of aryl methyl sites for hydroxylation is 1. The fourth-order valence-electron chi connectivity index (χ4n) is 2.69. The van der Waals surface area contributed by atoms with Crippen molar-refractivity contribution in [1.82, 2.24) is 20.1 Å². The maximum absolute atomic E-state index is 12.6. The summed E-state index contributed by atoms with van der Waals surface area (Å²) in [5.41, 5.74) is 3.30. The number of amides is 1. The zero-order chi connectivity index (χ0) is 20.3. The first-order chi connectivity index (χ1) is 13.2. The number of benzene rings is 2. The quantitative estimate of drug-likeness (QED) is 0.662. The summed E-state index contributed by atoms with van der Waals surface area (Å²) < 4.78 is 27.1. The first-order valence-corrected chi connectivity index (χ1v) is 10.5. The Kier molecular flexibility index (Phi) is 5.46. The van der Waals surface area contributed by atoms with E-state index in [-0.39, 0.29) is 11.9 Å². The molecule has 0 spiro atoms. The minimum absolute atomic E-state index is 0.232. The number of anilines is 1. The van der Waals surface area contributed by atoms with Crippen LogP contribution in [-0.4, -0.2) is 35.3 Å². The molecule has 3 rings (SSSR count). The number of rotatable bonds is 6. The summed E-state index contributed by atoms with van der Waals surface area (Å²) in [7, 11) is -3.42. The topological polar surface area (TPSA) is 106 Å². The van der Waals surface area contributed by atoms with Crippen LogP contribution >= 0.6 is 0 Å². The summed E-state index contributed by atoms with van der Waals surface area (Å²) in [4.78, 5) is 16.5. The van der Waals surface area contributed by atoms with Crippen molar-refractivity contribution in [2.75, 3.05) is 11.0 Å². The SMILES string of the molecule is Cc1ccc(C(=O)NC(C)c2ccc(-n3cncn3)cc2)cc1NS(C)(=O)=O. The van der Waals surface area contributed by atoms with Gasteiger partial charge in [-0.1, -0.05) is 18.2 Å². The highest BCUT2D eigenvalue weighted by molar-refractivity contribution is 7.92. The zero-order valence-electron chi connectivity index (χ0n) is 15.7. The van der Waals surface area contributed by atoms with Gasteiger partial charge in [0.05, 0.1) is 23.7 Å².